The first-order valence-corrected chi connectivity index (χ1v) is 6.19. The van der Waals surface area contributed by atoms with Crippen molar-refractivity contribution in [1.29, 1.82) is 5.41 Å². The van der Waals surface area contributed by atoms with Crippen molar-refractivity contribution in [2.45, 2.75) is 32.6 Å². The molecular weight excluding hydrogens is 196 g/mol. The molecule has 2 heteroatoms. The summed E-state index contributed by atoms with van der Waals surface area (Å²) in [5, 5.41) is 8.30. The Morgan fingerprint density at radius 1 is 1.31 bits per heavy atom. The van der Waals surface area contributed by atoms with Crippen molar-refractivity contribution in [3.8, 4) is 0 Å². The molecule has 86 valence electrons. The van der Waals surface area contributed by atoms with E-state index >= 15 is 0 Å². The lowest BCUT2D eigenvalue weighted by molar-refractivity contribution is 0.443. The number of nitrogens with zero attached hydrogens (tertiary/aromatic N) is 1. The highest BCUT2D eigenvalue weighted by molar-refractivity contribution is 5.87. The molecule has 2 rings (SSSR count). The molecule has 0 saturated heterocycles. The van der Waals surface area contributed by atoms with E-state index in [0.717, 1.165) is 31.8 Å². The van der Waals surface area contributed by atoms with Crippen LogP contribution in [0.4, 0.5) is 0 Å². The van der Waals surface area contributed by atoms with Crippen LogP contribution in [0.3, 0.4) is 0 Å². The van der Waals surface area contributed by atoms with Crippen LogP contribution in [0.25, 0.3) is 0 Å². The van der Waals surface area contributed by atoms with E-state index in [1.165, 1.54) is 11.1 Å². The van der Waals surface area contributed by atoms with Crippen LogP contribution in [-0.4, -0.2) is 23.8 Å². The maximum absolute atomic E-state index is 8.30. The van der Waals surface area contributed by atoms with Crippen LogP contribution >= 0.6 is 0 Å². The number of benzene rings is 1. The van der Waals surface area contributed by atoms with Crippen molar-refractivity contribution < 1.29 is 0 Å². The summed E-state index contributed by atoms with van der Waals surface area (Å²) in [7, 11) is 0. The summed E-state index contributed by atoms with van der Waals surface area (Å²) in [5.74, 6) is 1.13. The Bertz CT molecular complexity index is 380. The minimum Gasteiger partial charge on any atom is -0.361 e. The fraction of sp³-hybridized carbons (Fsp3) is 0.500. The van der Waals surface area contributed by atoms with Crippen LogP contribution in [0.2, 0.25) is 0 Å². The molecule has 0 radical (unpaired) electrons. The molecule has 0 spiro atoms. The number of fused-ring (bicyclic) bond motifs is 1. The van der Waals surface area contributed by atoms with Crippen molar-refractivity contribution in [2.75, 3.05) is 13.1 Å². The molecule has 1 aromatic carbocycles. The molecule has 2 nitrogen and oxygen atoms in total. The molecule has 16 heavy (non-hydrogen) atoms. The van der Waals surface area contributed by atoms with Crippen molar-refractivity contribution in [2.24, 2.45) is 0 Å². The molecule has 0 amide bonds. The van der Waals surface area contributed by atoms with Gasteiger partial charge in [-0.2, -0.15) is 0 Å². The third-order valence-electron chi connectivity index (χ3n) is 3.57. The van der Waals surface area contributed by atoms with Gasteiger partial charge in [-0.05, 0) is 37.8 Å². The summed E-state index contributed by atoms with van der Waals surface area (Å²) in [6.07, 6.45) is 2.24. The lowest BCUT2D eigenvalue weighted by Gasteiger charge is -2.26. The van der Waals surface area contributed by atoms with Crippen LogP contribution in [0, 0.1) is 5.41 Å². The molecule has 1 aliphatic carbocycles. The van der Waals surface area contributed by atoms with Gasteiger partial charge in [-0.1, -0.05) is 24.3 Å². The standard InChI is InChI=1S/C14H20N2/c1-3-16(4-2)14(15)13-10-9-11-7-5-6-8-12(11)13/h5-8,13,15H,3-4,9-10H2,1-2H3. The van der Waals surface area contributed by atoms with E-state index in [2.05, 4.69) is 43.0 Å². The van der Waals surface area contributed by atoms with Gasteiger partial charge in [0.15, 0.2) is 0 Å². The van der Waals surface area contributed by atoms with E-state index < -0.39 is 0 Å². The molecule has 0 aliphatic heterocycles. The zero-order chi connectivity index (χ0) is 11.5. The molecular formula is C14H20N2. The average Bonchev–Trinajstić information content (AvgIpc) is 2.74. The molecule has 1 atom stereocenters. The highest BCUT2D eigenvalue weighted by Crippen LogP contribution is 2.34. The second kappa shape index (κ2) is 4.69. The van der Waals surface area contributed by atoms with E-state index in [0.29, 0.717) is 5.92 Å². The first-order chi connectivity index (χ1) is 7.77. The zero-order valence-electron chi connectivity index (χ0n) is 10.2. The fourth-order valence-corrected chi connectivity index (χ4v) is 2.63. The summed E-state index contributed by atoms with van der Waals surface area (Å²) < 4.78 is 0. The predicted octanol–water partition coefficient (Wildman–Crippen LogP) is 3.04. The van der Waals surface area contributed by atoms with Gasteiger partial charge in [0.1, 0.15) is 5.84 Å². The van der Waals surface area contributed by atoms with Gasteiger partial charge in [-0.3, -0.25) is 5.41 Å². The van der Waals surface area contributed by atoms with Crippen LogP contribution in [0.15, 0.2) is 24.3 Å². The van der Waals surface area contributed by atoms with Crippen LogP contribution < -0.4 is 0 Å². The van der Waals surface area contributed by atoms with Gasteiger partial charge in [0.2, 0.25) is 0 Å². The summed E-state index contributed by atoms with van der Waals surface area (Å²) in [6, 6.07) is 8.57. The Kier molecular flexibility index (Phi) is 3.28. The van der Waals surface area contributed by atoms with E-state index in [-0.39, 0.29) is 0 Å². The van der Waals surface area contributed by atoms with Crippen molar-refractivity contribution in [3.05, 3.63) is 35.4 Å². The Morgan fingerprint density at radius 3 is 2.69 bits per heavy atom. The number of likely N-dealkylation sites (N-methyl/N-ethyl adjacent to an activating group) is 1. The summed E-state index contributed by atoms with van der Waals surface area (Å²) in [4.78, 5) is 2.16. The molecule has 0 heterocycles. The average molecular weight is 216 g/mol. The summed E-state index contributed by atoms with van der Waals surface area (Å²) in [5.41, 5.74) is 2.81. The van der Waals surface area contributed by atoms with Gasteiger partial charge in [0, 0.05) is 19.0 Å². The van der Waals surface area contributed by atoms with Gasteiger partial charge >= 0.3 is 0 Å². The second-order valence-electron chi connectivity index (χ2n) is 4.35. The van der Waals surface area contributed by atoms with Crippen molar-refractivity contribution >= 4 is 5.84 Å². The number of amidine groups is 1. The zero-order valence-corrected chi connectivity index (χ0v) is 10.2. The Labute approximate surface area is 97.8 Å². The SMILES string of the molecule is CCN(CC)C(=N)C1CCc2ccccc21. The number of hydrogen-bond donors (Lipinski definition) is 1. The molecule has 0 fully saturated rings. The maximum atomic E-state index is 8.30. The number of nitrogens with one attached hydrogen (secondary N) is 1. The minimum absolute atomic E-state index is 0.330. The van der Waals surface area contributed by atoms with E-state index in [1.54, 1.807) is 0 Å². The minimum atomic E-state index is 0.330. The highest BCUT2D eigenvalue weighted by Gasteiger charge is 2.27. The second-order valence-corrected chi connectivity index (χ2v) is 4.35. The van der Waals surface area contributed by atoms with E-state index in [4.69, 9.17) is 5.41 Å². The first kappa shape index (κ1) is 11.2. The smallest absolute Gasteiger partial charge is 0.103 e. The Hall–Kier alpha value is -1.31. The van der Waals surface area contributed by atoms with Gasteiger partial charge in [0.25, 0.3) is 0 Å². The number of aryl methyl sites for hydroxylation is 1. The van der Waals surface area contributed by atoms with Crippen LogP contribution in [-0.2, 0) is 6.42 Å². The van der Waals surface area contributed by atoms with Crippen LogP contribution in [0.1, 0.15) is 37.3 Å². The molecule has 0 aromatic heterocycles. The maximum Gasteiger partial charge on any atom is 0.103 e. The topological polar surface area (TPSA) is 27.1 Å². The van der Waals surface area contributed by atoms with Crippen molar-refractivity contribution in [1.82, 2.24) is 4.90 Å². The molecule has 1 N–H and O–H groups in total. The third-order valence-corrected chi connectivity index (χ3v) is 3.57. The van der Waals surface area contributed by atoms with Gasteiger partial charge in [-0.15, -0.1) is 0 Å². The first-order valence-electron chi connectivity index (χ1n) is 6.19. The number of hydrogen-bond acceptors (Lipinski definition) is 1. The Balaban J connectivity index is 2.22. The monoisotopic (exact) mass is 216 g/mol. The lowest BCUT2D eigenvalue weighted by atomic mass is 9.99. The Morgan fingerprint density at radius 2 is 2.00 bits per heavy atom. The third kappa shape index (κ3) is 1.84. The molecule has 1 aromatic rings. The molecule has 0 bridgehead atoms. The highest BCUT2D eigenvalue weighted by atomic mass is 15.2. The molecule has 1 unspecified atom stereocenters. The number of rotatable bonds is 3. The summed E-state index contributed by atoms with van der Waals surface area (Å²) >= 11 is 0. The quantitative estimate of drug-likeness (QED) is 0.610. The van der Waals surface area contributed by atoms with E-state index in [1.807, 2.05) is 0 Å². The summed E-state index contributed by atoms with van der Waals surface area (Å²) in [6.45, 7) is 6.12. The molecule has 1 aliphatic rings. The van der Waals surface area contributed by atoms with Gasteiger partial charge in [-0.25, -0.2) is 0 Å². The van der Waals surface area contributed by atoms with E-state index in [9.17, 15) is 0 Å². The molecule has 0 saturated carbocycles. The van der Waals surface area contributed by atoms with Crippen molar-refractivity contribution in [3.63, 3.8) is 0 Å². The predicted molar refractivity (Wildman–Crippen MR) is 68.2 cm³/mol. The van der Waals surface area contributed by atoms with Crippen LogP contribution in [0.5, 0.6) is 0 Å². The van der Waals surface area contributed by atoms with Gasteiger partial charge in [0.05, 0.1) is 0 Å². The fourth-order valence-electron chi connectivity index (χ4n) is 2.63. The van der Waals surface area contributed by atoms with Gasteiger partial charge < -0.3 is 4.90 Å². The largest absolute Gasteiger partial charge is 0.361 e. The normalized spacial score (nSPS) is 18.2. The lowest BCUT2D eigenvalue weighted by Crippen LogP contribution is -2.33.